The van der Waals surface area contributed by atoms with E-state index in [1.54, 1.807) is 0 Å². The summed E-state index contributed by atoms with van der Waals surface area (Å²) in [5.41, 5.74) is 16.6. The molecule has 0 aliphatic heterocycles. The smallest absolute Gasteiger partial charge is 0.143 e. The fraction of sp³-hybridized carbons (Fsp3) is 0.0545. The van der Waals surface area contributed by atoms with E-state index in [2.05, 4.69) is 195 Å². The van der Waals surface area contributed by atoms with Crippen molar-refractivity contribution in [1.82, 2.24) is 0 Å². The van der Waals surface area contributed by atoms with Gasteiger partial charge in [-0.05, 0) is 111 Å². The van der Waals surface area contributed by atoms with E-state index in [1.807, 2.05) is 12.1 Å². The number of hydrogen-bond acceptors (Lipinski definition) is 3. The Hall–Kier alpha value is -7.36. The topological polar surface area (TPSA) is 29.5 Å². The summed E-state index contributed by atoms with van der Waals surface area (Å²) < 4.78 is 13.2. The number of fused-ring (bicyclic) bond motifs is 11. The van der Waals surface area contributed by atoms with E-state index >= 15 is 0 Å². The van der Waals surface area contributed by atoms with Gasteiger partial charge in [-0.15, -0.1) is 0 Å². The zero-order chi connectivity index (χ0) is 38.5. The lowest BCUT2D eigenvalue weighted by atomic mass is 9.82. The predicted octanol–water partition coefficient (Wildman–Crippen LogP) is 15.7. The summed E-state index contributed by atoms with van der Waals surface area (Å²) in [6.07, 6.45) is 0. The van der Waals surface area contributed by atoms with Gasteiger partial charge >= 0.3 is 0 Å². The van der Waals surface area contributed by atoms with E-state index in [-0.39, 0.29) is 5.41 Å². The molecular weight excluding hydrogens is 707 g/mol. The van der Waals surface area contributed by atoms with Crippen LogP contribution in [0.3, 0.4) is 0 Å². The lowest BCUT2D eigenvalue weighted by molar-refractivity contribution is 0.660. The number of para-hydroxylation sites is 1. The van der Waals surface area contributed by atoms with Crippen LogP contribution in [0.15, 0.2) is 197 Å². The van der Waals surface area contributed by atoms with Crippen molar-refractivity contribution < 1.29 is 8.83 Å². The molecule has 2 heterocycles. The Morgan fingerprint density at radius 3 is 1.90 bits per heavy atom. The molecule has 0 bridgehead atoms. The largest absolute Gasteiger partial charge is 0.456 e. The van der Waals surface area contributed by atoms with E-state index in [4.69, 9.17) is 8.83 Å². The van der Waals surface area contributed by atoms with E-state index < -0.39 is 0 Å². The minimum absolute atomic E-state index is 0.144. The summed E-state index contributed by atoms with van der Waals surface area (Å²) in [5, 5.41) is 6.63. The van der Waals surface area contributed by atoms with Gasteiger partial charge in [0.2, 0.25) is 0 Å². The Labute approximate surface area is 336 Å². The summed E-state index contributed by atoms with van der Waals surface area (Å²) >= 11 is 0. The van der Waals surface area contributed by atoms with Gasteiger partial charge in [-0.2, -0.15) is 0 Å². The van der Waals surface area contributed by atoms with Crippen molar-refractivity contribution in [1.29, 1.82) is 0 Å². The number of anilines is 3. The van der Waals surface area contributed by atoms with Crippen LogP contribution in [0.1, 0.15) is 25.0 Å². The first kappa shape index (κ1) is 32.8. The molecule has 0 radical (unpaired) electrons. The van der Waals surface area contributed by atoms with Crippen molar-refractivity contribution in [3.63, 3.8) is 0 Å². The molecule has 0 saturated heterocycles. The molecule has 12 rings (SSSR count). The van der Waals surface area contributed by atoms with Crippen molar-refractivity contribution in [3.8, 4) is 33.4 Å². The molecule has 0 atom stereocenters. The second kappa shape index (κ2) is 12.3. The molecule has 274 valence electrons. The van der Waals surface area contributed by atoms with Crippen molar-refractivity contribution in [2.45, 2.75) is 19.3 Å². The van der Waals surface area contributed by atoms with Gasteiger partial charge in [0.05, 0.1) is 11.1 Å². The quantitative estimate of drug-likeness (QED) is 0.176. The summed E-state index contributed by atoms with van der Waals surface area (Å²) in [4.78, 5) is 2.42. The van der Waals surface area contributed by atoms with Crippen LogP contribution in [0.2, 0.25) is 0 Å². The third-order valence-corrected chi connectivity index (χ3v) is 12.5. The second-order valence-electron chi connectivity index (χ2n) is 16.1. The standard InChI is InChI=1S/C55H37NO2/c1-55(2)47-19-10-8-16-40(47)41-29-28-38(32-48(41)55)56(37-26-23-35(24-27-37)34-13-4-3-5-14-34)49-20-12-22-52-53(49)46-33-44(39-15-6-7-18-43(39)54(46)58-52)36-25-30-51-45(31-36)42-17-9-11-21-50(42)57-51/h3-33H,1-2H3. The van der Waals surface area contributed by atoms with Crippen LogP contribution in [-0.4, -0.2) is 0 Å². The highest BCUT2D eigenvalue weighted by atomic mass is 16.3. The van der Waals surface area contributed by atoms with Gasteiger partial charge in [0.25, 0.3) is 0 Å². The highest BCUT2D eigenvalue weighted by Crippen LogP contribution is 2.52. The van der Waals surface area contributed by atoms with Crippen LogP contribution in [-0.2, 0) is 5.41 Å². The Kier molecular flexibility index (Phi) is 6.98. The first-order valence-corrected chi connectivity index (χ1v) is 20.0. The van der Waals surface area contributed by atoms with E-state index in [9.17, 15) is 0 Å². The van der Waals surface area contributed by atoms with Crippen LogP contribution in [0.5, 0.6) is 0 Å². The normalized spacial score (nSPS) is 13.1. The molecule has 0 fully saturated rings. The van der Waals surface area contributed by atoms with E-state index in [0.29, 0.717) is 0 Å². The second-order valence-corrected chi connectivity index (χ2v) is 16.1. The first-order valence-electron chi connectivity index (χ1n) is 20.0. The SMILES string of the molecule is CC1(C)c2ccccc2-c2ccc(N(c3ccc(-c4ccccc4)cc3)c3cccc4oc5c6ccccc6c(-c6ccc7oc8ccccc8c7c6)cc5c34)cc21. The fourth-order valence-electron chi connectivity index (χ4n) is 9.64. The number of benzene rings is 9. The summed E-state index contributed by atoms with van der Waals surface area (Å²) in [5.74, 6) is 0. The van der Waals surface area contributed by atoms with Crippen LogP contribution in [0.25, 0.3) is 88.0 Å². The molecule has 58 heavy (non-hydrogen) atoms. The minimum atomic E-state index is -0.144. The maximum absolute atomic E-state index is 6.92. The third kappa shape index (κ3) is 4.80. The lowest BCUT2D eigenvalue weighted by Gasteiger charge is -2.29. The zero-order valence-electron chi connectivity index (χ0n) is 32.2. The van der Waals surface area contributed by atoms with Crippen LogP contribution in [0, 0.1) is 0 Å². The molecule has 1 aliphatic carbocycles. The van der Waals surface area contributed by atoms with Gasteiger partial charge in [-0.3, -0.25) is 0 Å². The van der Waals surface area contributed by atoms with Crippen molar-refractivity contribution in [2.75, 3.05) is 4.90 Å². The van der Waals surface area contributed by atoms with E-state index in [1.165, 1.54) is 33.4 Å². The molecule has 11 aromatic rings. The highest BCUT2D eigenvalue weighted by molar-refractivity contribution is 6.23. The number of rotatable bonds is 5. The van der Waals surface area contributed by atoms with Gasteiger partial charge in [0, 0.05) is 38.3 Å². The van der Waals surface area contributed by atoms with Gasteiger partial charge in [0.1, 0.15) is 22.3 Å². The number of furan rings is 2. The van der Waals surface area contributed by atoms with Gasteiger partial charge < -0.3 is 13.7 Å². The Balaban J connectivity index is 1.11. The summed E-state index contributed by atoms with van der Waals surface area (Å²) in [7, 11) is 0. The maximum atomic E-state index is 6.92. The highest BCUT2D eigenvalue weighted by Gasteiger charge is 2.36. The van der Waals surface area contributed by atoms with Crippen molar-refractivity contribution in [2.24, 2.45) is 0 Å². The zero-order valence-corrected chi connectivity index (χ0v) is 32.2. The lowest BCUT2D eigenvalue weighted by Crippen LogP contribution is -2.16. The van der Waals surface area contributed by atoms with Crippen LogP contribution >= 0.6 is 0 Å². The Morgan fingerprint density at radius 2 is 1.03 bits per heavy atom. The third-order valence-electron chi connectivity index (χ3n) is 12.5. The maximum Gasteiger partial charge on any atom is 0.143 e. The Bertz CT molecular complexity index is 3420. The molecule has 3 nitrogen and oxygen atoms in total. The van der Waals surface area contributed by atoms with Crippen molar-refractivity contribution >= 4 is 71.7 Å². The number of hydrogen-bond donors (Lipinski definition) is 0. The van der Waals surface area contributed by atoms with Crippen molar-refractivity contribution in [3.05, 3.63) is 199 Å². The van der Waals surface area contributed by atoms with Gasteiger partial charge in [0.15, 0.2) is 0 Å². The molecule has 3 heteroatoms. The summed E-state index contributed by atoms with van der Waals surface area (Å²) in [6, 6.07) is 67.7. The Morgan fingerprint density at radius 1 is 0.379 bits per heavy atom. The monoisotopic (exact) mass is 743 g/mol. The fourth-order valence-corrected chi connectivity index (χ4v) is 9.64. The number of nitrogens with zero attached hydrogens (tertiary/aromatic N) is 1. The molecule has 0 amide bonds. The average Bonchev–Trinajstić information content (AvgIpc) is 3.92. The first-order chi connectivity index (χ1) is 28.5. The molecule has 1 aliphatic rings. The molecule has 9 aromatic carbocycles. The minimum Gasteiger partial charge on any atom is -0.456 e. The van der Waals surface area contributed by atoms with Gasteiger partial charge in [-0.1, -0.05) is 141 Å². The van der Waals surface area contributed by atoms with E-state index in [0.717, 1.165) is 82.8 Å². The molecular formula is C55H37NO2. The average molecular weight is 744 g/mol. The van der Waals surface area contributed by atoms with Crippen LogP contribution < -0.4 is 4.90 Å². The molecule has 0 N–H and O–H groups in total. The van der Waals surface area contributed by atoms with Gasteiger partial charge in [-0.25, -0.2) is 0 Å². The molecule has 0 unspecified atom stereocenters. The molecule has 0 spiro atoms. The summed E-state index contributed by atoms with van der Waals surface area (Å²) in [6.45, 7) is 4.70. The predicted molar refractivity (Wildman–Crippen MR) is 242 cm³/mol. The van der Waals surface area contributed by atoms with Crippen LogP contribution in [0.4, 0.5) is 17.1 Å². The molecule has 2 aromatic heterocycles. The molecule has 0 saturated carbocycles.